The summed E-state index contributed by atoms with van der Waals surface area (Å²) in [6, 6.07) is 6.96. The molecule has 0 radical (unpaired) electrons. The molecule has 4 heteroatoms. The summed E-state index contributed by atoms with van der Waals surface area (Å²) in [5.41, 5.74) is 9.09. The van der Waals surface area contributed by atoms with Crippen LogP contribution >= 0.6 is 0 Å². The van der Waals surface area contributed by atoms with Gasteiger partial charge in [-0.05, 0) is 37.0 Å². The number of hydrogen-bond donors (Lipinski definition) is 1. The van der Waals surface area contributed by atoms with Gasteiger partial charge in [-0.15, -0.1) is 0 Å². The van der Waals surface area contributed by atoms with Crippen molar-refractivity contribution in [3.63, 3.8) is 0 Å². The molecule has 0 bridgehead atoms. The highest BCUT2D eigenvalue weighted by Crippen LogP contribution is 2.38. The maximum atomic E-state index is 5.70. The van der Waals surface area contributed by atoms with Gasteiger partial charge in [-0.1, -0.05) is 13.0 Å². The molecule has 0 aliphatic heterocycles. The predicted octanol–water partition coefficient (Wildman–Crippen LogP) is 2.76. The third kappa shape index (κ3) is 2.51. The second-order valence-electron chi connectivity index (χ2n) is 5.21. The molecule has 1 aliphatic rings. The van der Waals surface area contributed by atoms with E-state index in [4.69, 9.17) is 15.5 Å². The molecule has 0 saturated heterocycles. The Labute approximate surface area is 113 Å². The number of aromatic nitrogens is 2. The van der Waals surface area contributed by atoms with Gasteiger partial charge in [-0.25, -0.2) is 4.98 Å². The van der Waals surface area contributed by atoms with Crippen molar-refractivity contribution in [1.82, 2.24) is 9.55 Å². The molecule has 3 rings (SSSR count). The number of benzene rings is 1. The molecular formula is C15H21N3O. The van der Waals surface area contributed by atoms with Gasteiger partial charge in [0.05, 0.1) is 11.0 Å². The Balaban J connectivity index is 1.97. The van der Waals surface area contributed by atoms with E-state index in [9.17, 15) is 0 Å². The van der Waals surface area contributed by atoms with Crippen LogP contribution < -0.4 is 5.73 Å². The summed E-state index contributed by atoms with van der Waals surface area (Å²) in [6.07, 6.45) is 3.55. The SMILES string of the molecule is CCCOCc1nc2cc(CN)ccc2n1C1CC1. The molecule has 2 N–H and O–H groups in total. The van der Waals surface area contributed by atoms with Crippen LogP contribution in [-0.4, -0.2) is 16.2 Å². The van der Waals surface area contributed by atoms with E-state index in [0.717, 1.165) is 29.9 Å². The maximum Gasteiger partial charge on any atom is 0.136 e. The Kier molecular flexibility index (Phi) is 3.53. The second kappa shape index (κ2) is 5.31. The highest BCUT2D eigenvalue weighted by atomic mass is 16.5. The smallest absolute Gasteiger partial charge is 0.136 e. The monoisotopic (exact) mass is 259 g/mol. The number of nitrogens with two attached hydrogens (primary N) is 1. The minimum atomic E-state index is 0.563. The van der Waals surface area contributed by atoms with Crippen LogP contribution in [0.2, 0.25) is 0 Å². The first-order valence-electron chi connectivity index (χ1n) is 7.11. The van der Waals surface area contributed by atoms with Crippen molar-refractivity contribution >= 4 is 11.0 Å². The first kappa shape index (κ1) is 12.6. The van der Waals surface area contributed by atoms with Crippen molar-refractivity contribution in [3.8, 4) is 0 Å². The van der Waals surface area contributed by atoms with Crippen molar-refractivity contribution in [2.24, 2.45) is 5.73 Å². The van der Waals surface area contributed by atoms with Crippen LogP contribution in [0.25, 0.3) is 11.0 Å². The zero-order chi connectivity index (χ0) is 13.2. The molecule has 1 heterocycles. The number of nitrogens with zero attached hydrogens (tertiary/aromatic N) is 2. The molecule has 4 nitrogen and oxygen atoms in total. The second-order valence-corrected chi connectivity index (χ2v) is 5.21. The van der Waals surface area contributed by atoms with Gasteiger partial charge >= 0.3 is 0 Å². The van der Waals surface area contributed by atoms with E-state index in [1.54, 1.807) is 0 Å². The van der Waals surface area contributed by atoms with Crippen LogP contribution in [0.4, 0.5) is 0 Å². The lowest BCUT2D eigenvalue weighted by atomic mass is 10.2. The van der Waals surface area contributed by atoms with E-state index in [1.165, 1.54) is 18.4 Å². The lowest BCUT2D eigenvalue weighted by Gasteiger charge is -2.08. The first-order chi connectivity index (χ1) is 9.33. The molecule has 1 saturated carbocycles. The van der Waals surface area contributed by atoms with Crippen molar-refractivity contribution in [3.05, 3.63) is 29.6 Å². The van der Waals surface area contributed by atoms with E-state index in [-0.39, 0.29) is 0 Å². The minimum absolute atomic E-state index is 0.563. The molecule has 0 amide bonds. The zero-order valence-electron chi connectivity index (χ0n) is 11.4. The summed E-state index contributed by atoms with van der Waals surface area (Å²) in [4.78, 5) is 4.74. The summed E-state index contributed by atoms with van der Waals surface area (Å²) in [5.74, 6) is 1.06. The van der Waals surface area contributed by atoms with E-state index in [1.807, 2.05) is 0 Å². The average Bonchev–Trinajstić information content (AvgIpc) is 3.20. The molecular weight excluding hydrogens is 238 g/mol. The fourth-order valence-corrected chi connectivity index (χ4v) is 2.47. The van der Waals surface area contributed by atoms with Gasteiger partial charge in [0.2, 0.25) is 0 Å². The van der Waals surface area contributed by atoms with Gasteiger partial charge in [0.25, 0.3) is 0 Å². The number of fused-ring (bicyclic) bond motifs is 1. The Morgan fingerprint density at radius 3 is 2.95 bits per heavy atom. The fourth-order valence-electron chi connectivity index (χ4n) is 2.47. The lowest BCUT2D eigenvalue weighted by molar-refractivity contribution is 0.114. The Morgan fingerprint density at radius 2 is 2.26 bits per heavy atom. The van der Waals surface area contributed by atoms with Gasteiger partial charge in [-0.2, -0.15) is 0 Å². The van der Waals surface area contributed by atoms with Crippen LogP contribution in [0.15, 0.2) is 18.2 Å². The normalized spacial score (nSPS) is 15.3. The maximum absolute atomic E-state index is 5.70. The molecule has 2 aromatic rings. The summed E-state index contributed by atoms with van der Waals surface area (Å²) in [5, 5.41) is 0. The van der Waals surface area contributed by atoms with E-state index < -0.39 is 0 Å². The van der Waals surface area contributed by atoms with Gasteiger partial charge in [0.1, 0.15) is 12.4 Å². The lowest BCUT2D eigenvalue weighted by Crippen LogP contribution is -2.04. The van der Waals surface area contributed by atoms with Crippen molar-refractivity contribution < 1.29 is 4.74 Å². The number of imidazole rings is 1. The van der Waals surface area contributed by atoms with Gasteiger partial charge in [0.15, 0.2) is 0 Å². The van der Waals surface area contributed by atoms with Crippen LogP contribution in [0, 0.1) is 0 Å². The average molecular weight is 259 g/mol. The van der Waals surface area contributed by atoms with Gasteiger partial charge in [0, 0.05) is 19.2 Å². The van der Waals surface area contributed by atoms with Crippen LogP contribution in [0.1, 0.15) is 43.6 Å². The van der Waals surface area contributed by atoms with Crippen LogP contribution in [0.5, 0.6) is 0 Å². The van der Waals surface area contributed by atoms with Crippen LogP contribution in [-0.2, 0) is 17.9 Å². The quantitative estimate of drug-likeness (QED) is 0.812. The van der Waals surface area contributed by atoms with Crippen molar-refractivity contribution in [1.29, 1.82) is 0 Å². The molecule has 0 unspecified atom stereocenters. The van der Waals surface area contributed by atoms with E-state index in [0.29, 0.717) is 19.2 Å². The highest BCUT2D eigenvalue weighted by Gasteiger charge is 2.28. The Morgan fingerprint density at radius 1 is 1.42 bits per heavy atom. The molecule has 1 aromatic heterocycles. The molecule has 1 aliphatic carbocycles. The summed E-state index contributed by atoms with van der Waals surface area (Å²) < 4.78 is 8.02. The van der Waals surface area contributed by atoms with Gasteiger partial charge < -0.3 is 15.0 Å². The Bertz CT molecular complexity index is 572. The van der Waals surface area contributed by atoms with Crippen LogP contribution in [0.3, 0.4) is 0 Å². The topological polar surface area (TPSA) is 53.1 Å². The van der Waals surface area contributed by atoms with E-state index >= 15 is 0 Å². The summed E-state index contributed by atoms with van der Waals surface area (Å²) in [6.45, 7) is 4.09. The van der Waals surface area contributed by atoms with Gasteiger partial charge in [-0.3, -0.25) is 0 Å². The summed E-state index contributed by atoms with van der Waals surface area (Å²) >= 11 is 0. The van der Waals surface area contributed by atoms with Crippen molar-refractivity contribution in [2.75, 3.05) is 6.61 Å². The largest absolute Gasteiger partial charge is 0.374 e. The summed E-state index contributed by atoms with van der Waals surface area (Å²) in [7, 11) is 0. The van der Waals surface area contributed by atoms with E-state index in [2.05, 4.69) is 29.7 Å². The minimum Gasteiger partial charge on any atom is -0.374 e. The fraction of sp³-hybridized carbons (Fsp3) is 0.533. The molecule has 0 atom stereocenters. The Hall–Kier alpha value is -1.39. The molecule has 0 spiro atoms. The molecule has 102 valence electrons. The van der Waals surface area contributed by atoms with Crippen molar-refractivity contribution in [2.45, 2.75) is 45.4 Å². The number of ether oxygens (including phenoxy) is 1. The molecule has 19 heavy (non-hydrogen) atoms. The standard InChI is InChI=1S/C15H21N3O/c1-2-7-19-10-15-17-13-8-11(9-16)3-6-14(13)18(15)12-4-5-12/h3,6,8,12H,2,4-5,7,9-10,16H2,1H3. The molecule has 1 aromatic carbocycles. The molecule has 1 fully saturated rings. The third-order valence-corrected chi connectivity index (χ3v) is 3.55. The number of hydrogen-bond acceptors (Lipinski definition) is 3. The predicted molar refractivity (Wildman–Crippen MR) is 75.8 cm³/mol. The highest BCUT2D eigenvalue weighted by molar-refractivity contribution is 5.77. The number of rotatable bonds is 6. The first-order valence-corrected chi connectivity index (χ1v) is 7.11. The third-order valence-electron chi connectivity index (χ3n) is 3.55. The zero-order valence-corrected chi connectivity index (χ0v) is 11.4.